The SMILES string of the molecule is C[As](C)C1=N[C@@H]2[C@@H](OCc3ccccc3)[C@H](OCc3ccccc3)[C@@H]([C@@H](O)C3SCCCS3)O[C@@H]2S1. The van der Waals surface area contributed by atoms with Gasteiger partial charge in [-0.15, -0.1) is 0 Å². The number of hydrogen-bond donors (Lipinski definition) is 1. The van der Waals surface area contributed by atoms with Crippen molar-refractivity contribution in [2.75, 3.05) is 11.5 Å². The summed E-state index contributed by atoms with van der Waals surface area (Å²) < 4.78 is 21.2. The number of thioether (sulfide) groups is 3. The van der Waals surface area contributed by atoms with Crippen LogP contribution in [0.5, 0.6) is 0 Å². The third-order valence-electron chi connectivity index (χ3n) is 6.46. The maximum atomic E-state index is 11.6. The van der Waals surface area contributed by atoms with Crippen LogP contribution in [0.1, 0.15) is 17.5 Å². The second-order valence-electron chi connectivity index (χ2n) is 9.36. The first-order valence-corrected chi connectivity index (χ1v) is 20.1. The molecule has 5 rings (SSSR count). The van der Waals surface area contributed by atoms with E-state index in [1.165, 1.54) is 10.3 Å². The van der Waals surface area contributed by atoms with Crippen LogP contribution in [0.15, 0.2) is 65.7 Å². The van der Waals surface area contributed by atoms with Crippen LogP contribution < -0.4 is 0 Å². The third kappa shape index (κ3) is 6.57. The number of fused-ring (bicyclic) bond motifs is 1. The molecule has 3 aliphatic rings. The van der Waals surface area contributed by atoms with Gasteiger partial charge in [0, 0.05) is 0 Å². The Labute approximate surface area is 231 Å². The number of aliphatic imine (C=N–C) groups is 1. The molecule has 5 nitrogen and oxygen atoms in total. The summed E-state index contributed by atoms with van der Waals surface area (Å²) in [6, 6.07) is 20.3. The van der Waals surface area contributed by atoms with E-state index in [1.54, 1.807) is 11.8 Å². The molecule has 36 heavy (non-hydrogen) atoms. The zero-order chi connectivity index (χ0) is 24.9. The van der Waals surface area contributed by atoms with Gasteiger partial charge in [-0.3, -0.25) is 0 Å². The van der Waals surface area contributed by atoms with Crippen molar-refractivity contribution >= 4 is 53.8 Å². The first-order valence-electron chi connectivity index (χ1n) is 12.4. The third-order valence-corrected chi connectivity index (χ3v) is 14.9. The molecule has 1 N–H and O–H groups in total. The van der Waals surface area contributed by atoms with Gasteiger partial charge >= 0.3 is 233 Å². The molecule has 0 amide bonds. The molecule has 2 aromatic carbocycles. The van der Waals surface area contributed by atoms with Gasteiger partial charge in [0.25, 0.3) is 0 Å². The molecular weight excluding hydrogens is 573 g/mol. The number of aliphatic hydroxyl groups is 1. The van der Waals surface area contributed by atoms with Crippen molar-refractivity contribution in [1.29, 1.82) is 0 Å². The summed E-state index contributed by atoms with van der Waals surface area (Å²) in [5, 5.41) is 11.6. The van der Waals surface area contributed by atoms with Crippen LogP contribution in [0.25, 0.3) is 0 Å². The molecule has 0 bridgehead atoms. The van der Waals surface area contributed by atoms with Crippen molar-refractivity contribution in [2.24, 2.45) is 4.99 Å². The van der Waals surface area contributed by atoms with E-state index < -0.39 is 33.0 Å². The molecule has 0 unspecified atom stereocenters. The van der Waals surface area contributed by atoms with E-state index in [-0.39, 0.29) is 22.2 Å². The van der Waals surface area contributed by atoms with Crippen molar-refractivity contribution in [2.45, 2.75) is 71.5 Å². The summed E-state index contributed by atoms with van der Waals surface area (Å²) in [5.74, 6) is 2.14. The number of hydrogen-bond acceptors (Lipinski definition) is 8. The van der Waals surface area contributed by atoms with Crippen LogP contribution in [-0.2, 0) is 27.4 Å². The fourth-order valence-electron chi connectivity index (χ4n) is 4.61. The summed E-state index contributed by atoms with van der Waals surface area (Å²) >= 11 is 4.24. The molecule has 2 fully saturated rings. The average molecular weight is 608 g/mol. The Bertz CT molecular complexity index is 993. The van der Waals surface area contributed by atoms with E-state index in [0.29, 0.717) is 13.2 Å². The molecular formula is C27H34AsNO4S3. The first-order chi connectivity index (χ1) is 17.6. The Hall–Kier alpha value is -0.442. The molecule has 194 valence electrons. The quantitative estimate of drug-likeness (QED) is 0.391. The van der Waals surface area contributed by atoms with Crippen molar-refractivity contribution in [3.8, 4) is 0 Å². The molecule has 2 aromatic rings. The number of aliphatic hydroxyl groups excluding tert-OH is 1. The molecule has 0 aliphatic carbocycles. The van der Waals surface area contributed by atoms with Gasteiger partial charge in [-0.05, 0) is 0 Å². The van der Waals surface area contributed by atoms with Gasteiger partial charge in [0.15, 0.2) is 0 Å². The number of rotatable bonds is 9. The van der Waals surface area contributed by atoms with Crippen LogP contribution in [0.3, 0.4) is 0 Å². The fraction of sp³-hybridized carbons (Fsp3) is 0.519. The summed E-state index contributed by atoms with van der Waals surface area (Å²) in [6.07, 6.45) is -0.670. The maximum absolute atomic E-state index is 11.6. The van der Waals surface area contributed by atoms with E-state index in [0.717, 1.165) is 22.6 Å². The molecule has 3 aliphatic heterocycles. The molecule has 9 heteroatoms. The summed E-state index contributed by atoms with van der Waals surface area (Å²) in [6.45, 7) is 0.916. The van der Waals surface area contributed by atoms with Crippen molar-refractivity contribution < 1.29 is 19.3 Å². The van der Waals surface area contributed by atoms with Crippen LogP contribution >= 0.6 is 35.3 Å². The minimum atomic E-state index is -1.17. The molecule has 2 saturated heterocycles. The summed E-state index contributed by atoms with van der Waals surface area (Å²) in [4.78, 5) is 5.14. The second-order valence-corrected chi connectivity index (χ2v) is 18.5. The predicted molar refractivity (Wildman–Crippen MR) is 154 cm³/mol. The summed E-state index contributed by atoms with van der Waals surface area (Å²) in [7, 11) is 0. The topological polar surface area (TPSA) is 60.3 Å². The van der Waals surface area contributed by atoms with Gasteiger partial charge in [-0.25, -0.2) is 0 Å². The van der Waals surface area contributed by atoms with Crippen LogP contribution in [-0.4, -0.2) is 75.6 Å². The van der Waals surface area contributed by atoms with Crippen LogP contribution in [0.4, 0.5) is 0 Å². The predicted octanol–water partition coefficient (Wildman–Crippen LogP) is 5.25. The average Bonchev–Trinajstić information content (AvgIpc) is 3.36. The van der Waals surface area contributed by atoms with Crippen molar-refractivity contribution in [3.63, 3.8) is 0 Å². The van der Waals surface area contributed by atoms with Gasteiger partial charge in [0.05, 0.1) is 0 Å². The zero-order valence-corrected chi connectivity index (χ0v) is 25.0. The molecule has 0 spiro atoms. The summed E-state index contributed by atoms with van der Waals surface area (Å²) in [5.41, 5.74) is 6.68. The van der Waals surface area contributed by atoms with E-state index in [1.807, 2.05) is 59.9 Å². The first kappa shape index (κ1) is 27.1. The zero-order valence-electron chi connectivity index (χ0n) is 20.6. The van der Waals surface area contributed by atoms with E-state index in [9.17, 15) is 5.11 Å². The van der Waals surface area contributed by atoms with Crippen LogP contribution in [0.2, 0.25) is 11.4 Å². The Morgan fingerprint density at radius 1 is 0.944 bits per heavy atom. The van der Waals surface area contributed by atoms with Crippen LogP contribution in [0, 0.1) is 0 Å². The van der Waals surface area contributed by atoms with Gasteiger partial charge in [0.1, 0.15) is 0 Å². The molecule has 0 aromatic heterocycles. The Morgan fingerprint density at radius 2 is 1.53 bits per heavy atom. The van der Waals surface area contributed by atoms with Gasteiger partial charge in [-0.2, -0.15) is 0 Å². The van der Waals surface area contributed by atoms with E-state index in [2.05, 4.69) is 35.7 Å². The number of ether oxygens (including phenoxy) is 3. The van der Waals surface area contributed by atoms with Crippen molar-refractivity contribution in [3.05, 3.63) is 71.8 Å². The Balaban J connectivity index is 1.43. The Morgan fingerprint density at radius 3 is 2.11 bits per heavy atom. The van der Waals surface area contributed by atoms with Gasteiger partial charge in [0.2, 0.25) is 0 Å². The Kier molecular flexibility index (Phi) is 9.86. The standard InChI is InChI=1S/C27H34AsNO4S3/c1-28(2)27-29-20-22(31-16-18-10-5-3-6-11-18)24(32-17-19-12-7-4-8-13-19)23(33-25(20)36-27)21(30)26-34-14-9-15-35-26/h3-8,10-13,20-26,30H,9,14-17H2,1-2H3/t20-,21-,22-,23-,24+,25-/m1/s1. The molecule has 0 saturated carbocycles. The second kappa shape index (κ2) is 13.1. The van der Waals surface area contributed by atoms with Gasteiger partial charge < -0.3 is 0 Å². The minimum absolute atomic E-state index is 0.0737. The van der Waals surface area contributed by atoms with E-state index >= 15 is 0 Å². The fourth-order valence-corrected chi connectivity index (χ4v) is 11.4. The number of benzene rings is 2. The monoisotopic (exact) mass is 607 g/mol. The molecule has 3 heterocycles. The number of nitrogens with zero attached hydrogens (tertiary/aromatic N) is 1. The molecule has 6 atom stereocenters. The normalized spacial score (nSPS) is 29.7. The molecule has 0 radical (unpaired) electrons. The van der Waals surface area contributed by atoms with Crippen molar-refractivity contribution in [1.82, 2.24) is 0 Å². The van der Waals surface area contributed by atoms with E-state index in [4.69, 9.17) is 19.2 Å². The van der Waals surface area contributed by atoms with Gasteiger partial charge in [-0.1, -0.05) is 0 Å².